The number of aromatic amines is 1. The summed E-state index contributed by atoms with van der Waals surface area (Å²) in [5, 5.41) is 6.89. The molecule has 1 aliphatic rings. The second kappa shape index (κ2) is 5.57. The van der Waals surface area contributed by atoms with E-state index in [0.717, 1.165) is 5.82 Å². The SMILES string of the molecule is Cc1nc(C2CN(C(=O)c3cncnc3C)CCO2)n[nH]1. The highest BCUT2D eigenvalue weighted by molar-refractivity contribution is 5.94. The van der Waals surface area contributed by atoms with E-state index in [1.165, 1.54) is 6.33 Å². The molecular weight excluding hydrogens is 272 g/mol. The number of ether oxygens (including phenoxy) is 1. The maximum atomic E-state index is 12.5. The minimum Gasteiger partial charge on any atom is -0.366 e. The van der Waals surface area contributed by atoms with Crippen molar-refractivity contribution in [2.45, 2.75) is 20.0 Å². The van der Waals surface area contributed by atoms with E-state index in [2.05, 4.69) is 25.1 Å². The van der Waals surface area contributed by atoms with Crippen molar-refractivity contribution in [1.29, 1.82) is 0 Å². The van der Waals surface area contributed by atoms with Crippen LogP contribution in [0.15, 0.2) is 12.5 Å². The quantitative estimate of drug-likeness (QED) is 0.860. The molecular formula is C13H16N6O2. The molecule has 1 saturated heterocycles. The molecule has 0 bridgehead atoms. The van der Waals surface area contributed by atoms with Crippen LogP contribution in [0.3, 0.4) is 0 Å². The molecule has 1 atom stereocenters. The molecule has 1 fully saturated rings. The highest BCUT2D eigenvalue weighted by Gasteiger charge is 2.29. The van der Waals surface area contributed by atoms with Gasteiger partial charge in [0.2, 0.25) is 0 Å². The zero-order valence-corrected chi connectivity index (χ0v) is 11.9. The maximum Gasteiger partial charge on any atom is 0.257 e. The van der Waals surface area contributed by atoms with Crippen molar-refractivity contribution in [3.05, 3.63) is 35.4 Å². The van der Waals surface area contributed by atoms with Crippen LogP contribution in [-0.2, 0) is 4.74 Å². The van der Waals surface area contributed by atoms with Gasteiger partial charge in [-0.2, -0.15) is 5.10 Å². The molecule has 3 rings (SSSR count). The highest BCUT2D eigenvalue weighted by Crippen LogP contribution is 2.20. The summed E-state index contributed by atoms with van der Waals surface area (Å²) in [6.45, 7) is 5.03. The minimum atomic E-state index is -0.308. The zero-order chi connectivity index (χ0) is 14.8. The molecule has 0 saturated carbocycles. The fourth-order valence-electron chi connectivity index (χ4n) is 2.27. The van der Waals surface area contributed by atoms with E-state index in [1.54, 1.807) is 18.0 Å². The van der Waals surface area contributed by atoms with Crippen molar-refractivity contribution in [2.24, 2.45) is 0 Å². The fraction of sp³-hybridized carbons (Fsp3) is 0.462. The molecule has 0 spiro atoms. The average Bonchev–Trinajstić information content (AvgIpc) is 2.94. The van der Waals surface area contributed by atoms with Gasteiger partial charge >= 0.3 is 0 Å². The Morgan fingerprint density at radius 2 is 2.33 bits per heavy atom. The van der Waals surface area contributed by atoms with Crippen molar-refractivity contribution in [2.75, 3.05) is 19.7 Å². The lowest BCUT2D eigenvalue weighted by Crippen LogP contribution is -2.42. The third-order valence-electron chi connectivity index (χ3n) is 3.40. The molecule has 1 amide bonds. The van der Waals surface area contributed by atoms with Gasteiger partial charge in [0, 0.05) is 12.7 Å². The molecule has 8 heteroatoms. The summed E-state index contributed by atoms with van der Waals surface area (Å²) < 4.78 is 5.65. The number of rotatable bonds is 2. The number of nitrogens with one attached hydrogen (secondary N) is 1. The van der Waals surface area contributed by atoms with Crippen molar-refractivity contribution in [3.8, 4) is 0 Å². The molecule has 110 valence electrons. The molecule has 2 aromatic rings. The van der Waals surface area contributed by atoms with E-state index in [-0.39, 0.29) is 12.0 Å². The van der Waals surface area contributed by atoms with Gasteiger partial charge in [-0.15, -0.1) is 0 Å². The first kappa shape index (κ1) is 13.6. The molecule has 21 heavy (non-hydrogen) atoms. The summed E-state index contributed by atoms with van der Waals surface area (Å²) >= 11 is 0. The predicted octanol–water partition coefficient (Wildman–Crippen LogP) is 0.425. The largest absolute Gasteiger partial charge is 0.366 e. The number of amides is 1. The number of aromatic nitrogens is 5. The topological polar surface area (TPSA) is 96.9 Å². The Balaban J connectivity index is 1.77. The van der Waals surface area contributed by atoms with E-state index in [0.29, 0.717) is 36.8 Å². The Morgan fingerprint density at radius 3 is 3.05 bits per heavy atom. The summed E-state index contributed by atoms with van der Waals surface area (Å²) in [4.78, 5) is 26.5. The van der Waals surface area contributed by atoms with Gasteiger partial charge in [0.15, 0.2) is 5.82 Å². The summed E-state index contributed by atoms with van der Waals surface area (Å²) in [6, 6.07) is 0. The normalized spacial score (nSPS) is 18.8. The van der Waals surface area contributed by atoms with E-state index in [9.17, 15) is 4.79 Å². The number of morpholine rings is 1. The monoisotopic (exact) mass is 288 g/mol. The molecule has 0 aliphatic carbocycles. The van der Waals surface area contributed by atoms with Crippen molar-refractivity contribution >= 4 is 5.91 Å². The third-order valence-corrected chi connectivity index (χ3v) is 3.40. The Hall–Kier alpha value is -2.35. The van der Waals surface area contributed by atoms with Gasteiger partial charge < -0.3 is 9.64 Å². The summed E-state index contributed by atoms with van der Waals surface area (Å²) in [6.07, 6.45) is 2.68. The average molecular weight is 288 g/mol. The number of carbonyl (C=O) groups is 1. The lowest BCUT2D eigenvalue weighted by molar-refractivity contribution is -0.0267. The van der Waals surface area contributed by atoms with Gasteiger partial charge in [-0.3, -0.25) is 9.89 Å². The van der Waals surface area contributed by atoms with Crippen LogP contribution < -0.4 is 0 Å². The number of hydrogen-bond donors (Lipinski definition) is 1. The number of carbonyl (C=O) groups excluding carboxylic acids is 1. The Kier molecular flexibility index (Phi) is 3.61. The first-order chi connectivity index (χ1) is 10.1. The minimum absolute atomic E-state index is 0.0892. The molecule has 1 aliphatic heterocycles. The molecule has 0 radical (unpaired) electrons. The summed E-state index contributed by atoms with van der Waals surface area (Å²) in [5.41, 5.74) is 1.19. The van der Waals surface area contributed by atoms with Crippen LogP contribution in [0, 0.1) is 13.8 Å². The van der Waals surface area contributed by atoms with Crippen molar-refractivity contribution in [1.82, 2.24) is 30.0 Å². The lowest BCUT2D eigenvalue weighted by Gasteiger charge is -2.31. The van der Waals surface area contributed by atoms with Gasteiger partial charge in [-0.25, -0.2) is 15.0 Å². The number of hydrogen-bond acceptors (Lipinski definition) is 6. The van der Waals surface area contributed by atoms with Gasteiger partial charge in [-0.05, 0) is 13.8 Å². The Bertz CT molecular complexity index is 656. The van der Waals surface area contributed by atoms with Crippen LogP contribution >= 0.6 is 0 Å². The first-order valence-corrected chi connectivity index (χ1v) is 6.71. The van der Waals surface area contributed by atoms with Crippen LogP contribution in [0.2, 0.25) is 0 Å². The van der Waals surface area contributed by atoms with Crippen LogP contribution in [-0.4, -0.2) is 55.7 Å². The maximum absolute atomic E-state index is 12.5. The van der Waals surface area contributed by atoms with Crippen LogP contribution in [0.5, 0.6) is 0 Å². The van der Waals surface area contributed by atoms with Crippen LogP contribution in [0.4, 0.5) is 0 Å². The Morgan fingerprint density at radius 1 is 1.48 bits per heavy atom. The molecule has 2 aromatic heterocycles. The fourth-order valence-corrected chi connectivity index (χ4v) is 2.27. The molecule has 8 nitrogen and oxygen atoms in total. The van der Waals surface area contributed by atoms with Crippen LogP contribution in [0.1, 0.15) is 33.8 Å². The second-order valence-electron chi connectivity index (χ2n) is 4.91. The predicted molar refractivity (Wildman–Crippen MR) is 72.5 cm³/mol. The lowest BCUT2D eigenvalue weighted by atomic mass is 10.2. The second-order valence-corrected chi connectivity index (χ2v) is 4.91. The van der Waals surface area contributed by atoms with Gasteiger partial charge in [-0.1, -0.05) is 0 Å². The van der Waals surface area contributed by atoms with Gasteiger partial charge in [0.1, 0.15) is 18.3 Å². The van der Waals surface area contributed by atoms with E-state index >= 15 is 0 Å². The highest BCUT2D eigenvalue weighted by atomic mass is 16.5. The zero-order valence-electron chi connectivity index (χ0n) is 11.9. The molecule has 1 N–H and O–H groups in total. The Labute approximate surface area is 121 Å². The number of nitrogens with zero attached hydrogens (tertiary/aromatic N) is 5. The van der Waals surface area contributed by atoms with Crippen molar-refractivity contribution < 1.29 is 9.53 Å². The smallest absolute Gasteiger partial charge is 0.257 e. The number of H-pyrrole nitrogens is 1. The van der Waals surface area contributed by atoms with Crippen molar-refractivity contribution in [3.63, 3.8) is 0 Å². The van der Waals surface area contributed by atoms with Gasteiger partial charge in [0.25, 0.3) is 5.91 Å². The van der Waals surface area contributed by atoms with Gasteiger partial charge in [0.05, 0.1) is 24.4 Å². The summed E-state index contributed by atoms with van der Waals surface area (Å²) in [5.74, 6) is 1.21. The molecule has 0 aromatic carbocycles. The van der Waals surface area contributed by atoms with E-state index in [4.69, 9.17) is 4.74 Å². The number of aryl methyl sites for hydroxylation is 2. The van der Waals surface area contributed by atoms with E-state index < -0.39 is 0 Å². The summed E-state index contributed by atoms with van der Waals surface area (Å²) in [7, 11) is 0. The standard InChI is InChI=1S/C13H16N6O2/c1-8-10(5-14-7-15-8)13(20)19-3-4-21-11(6-19)12-16-9(2)17-18-12/h5,7,11H,3-4,6H2,1-2H3,(H,16,17,18). The van der Waals surface area contributed by atoms with E-state index in [1.807, 2.05) is 6.92 Å². The van der Waals surface area contributed by atoms with Crippen LogP contribution in [0.25, 0.3) is 0 Å². The first-order valence-electron chi connectivity index (χ1n) is 6.71. The molecule has 3 heterocycles. The third kappa shape index (κ3) is 2.75. The molecule has 1 unspecified atom stereocenters.